The lowest BCUT2D eigenvalue weighted by molar-refractivity contribution is -0.120. The van der Waals surface area contributed by atoms with Crippen LogP contribution in [0.2, 0.25) is 0 Å². The molecule has 0 bridgehead atoms. The molecule has 0 aliphatic carbocycles. The van der Waals surface area contributed by atoms with Gasteiger partial charge in [-0.15, -0.1) is 12.4 Å². The first-order chi connectivity index (χ1) is 8.69. The number of rotatable bonds is 5. The average Bonchev–Trinajstić information content (AvgIpc) is 2.83. The van der Waals surface area contributed by atoms with E-state index in [0.29, 0.717) is 19.0 Å². The summed E-state index contributed by atoms with van der Waals surface area (Å²) in [5.74, 6) is 1.03. The van der Waals surface area contributed by atoms with E-state index in [0.717, 1.165) is 24.3 Å². The van der Waals surface area contributed by atoms with Crippen LogP contribution in [0.1, 0.15) is 18.1 Å². The number of nitrogens with one attached hydrogen (secondary N) is 2. The van der Waals surface area contributed by atoms with Gasteiger partial charge in [0.15, 0.2) is 0 Å². The lowest BCUT2D eigenvalue weighted by Gasteiger charge is -2.11. The van der Waals surface area contributed by atoms with E-state index >= 15 is 0 Å². The maximum atomic E-state index is 11.8. The predicted molar refractivity (Wildman–Crippen MR) is 78.1 cm³/mol. The molecule has 0 saturated heterocycles. The Balaban J connectivity index is 0.00000180. The van der Waals surface area contributed by atoms with Gasteiger partial charge in [0.05, 0.1) is 13.0 Å². The standard InChI is InChI=1S/C14H20N2O2.ClH/c1-10(15-2)9-16-14(17)8-11-3-4-13-12(7-11)5-6-18-13;/h3-4,7,10,15H,5-6,8-9H2,1-2H3,(H,16,17);1H. The fraction of sp³-hybridized carbons (Fsp3) is 0.500. The van der Waals surface area contributed by atoms with Gasteiger partial charge in [-0.25, -0.2) is 0 Å². The third kappa shape index (κ3) is 4.40. The topological polar surface area (TPSA) is 50.4 Å². The van der Waals surface area contributed by atoms with E-state index in [2.05, 4.69) is 16.7 Å². The summed E-state index contributed by atoms with van der Waals surface area (Å²) in [5.41, 5.74) is 2.26. The lowest BCUT2D eigenvalue weighted by atomic mass is 10.1. The summed E-state index contributed by atoms with van der Waals surface area (Å²) >= 11 is 0. The molecule has 0 aromatic heterocycles. The number of fused-ring (bicyclic) bond motifs is 1. The van der Waals surface area contributed by atoms with Crippen molar-refractivity contribution in [2.45, 2.75) is 25.8 Å². The summed E-state index contributed by atoms with van der Waals surface area (Å²) in [4.78, 5) is 11.8. The summed E-state index contributed by atoms with van der Waals surface area (Å²) in [6.45, 7) is 3.45. The maximum Gasteiger partial charge on any atom is 0.224 e. The van der Waals surface area contributed by atoms with E-state index in [1.54, 1.807) is 0 Å². The maximum absolute atomic E-state index is 11.8. The SMILES string of the molecule is CNC(C)CNC(=O)Cc1ccc2c(c1)CCO2.Cl. The first kappa shape index (κ1) is 15.8. The van der Waals surface area contributed by atoms with Gasteiger partial charge in [0.2, 0.25) is 5.91 Å². The molecular weight excluding hydrogens is 264 g/mol. The third-order valence-corrected chi connectivity index (χ3v) is 3.22. The van der Waals surface area contributed by atoms with E-state index in [1.165, 1.54) is 5.56 Å². The Hall–Kier alpha value is -1.26. The molecule has 1 aromatic carbocycles. The van der Waals surface area contributed by atoms with Gasteiger partial charge >= 0.3 is 0 Å². The third-order valence-electron chi connectivity index (χ3n) is 3.22. The molecule has 19 heavy (non-hydrogen) atoms. The first-order valence-electron chi connectivity index (χ1n) is 6.37. The van der Waals surface area contributed by atoms with Gasteiger partial charge in [-0.2, -0.15) is 0 Å². The largest absolute Gasteiger partial charge is 0.493 e. The van der Waals surface area contributed by atoms with Crippen molar-refractivity contribution in [3.05, 3.63) is 29.3 Å². The van der Waals surface area contributed by atoms with Crippen LogP contribution < -0.4 is 15.4 Å². The van der Waals surface area contributed by atoms with E-state index in [4.69, 9.17) is 4.74 Å². The monoisotopic (exact) mass is 284 g/mol. The summed E-state index contributed by atoms with van der Waals surface area (Å²) in [7, 11) is 1.89. The van der Waals surface area contributed by atoms with Gasteiger partial charge < -0.3 is 15.4 Å². The highest BCUT2D eigenvalue weighted by atomic mass is 35.5. The van der Waals surface area contributed by atoms with Crippen LogP contribution in [-0.2, 0) is 17.6 Å². The molecule has 1 aromatic rings. The molecule has 2 rings (SSSR count). The van der Waals surface area contributed by atoms with Crippen molar-refractivity contribution in [2.24, 2.45) is 0 Å². The van der Waals surface area contributed by atoms with Gasteiger partial charge in [0.25, 0.3) is 0 Å². The Morgan fingerprint density at radius 2 is 2.26 bits per heavy atom. The van der Waals surface area contributed by atoms with Crippen LogP contribution in [0, 0.1) is 0 Å². The number of halogens is 1. The minimum Gasteiger partial charge on any atom is -0.493 e. The molecule has 0 radical (unpaired) electrons. The first-order valence-corrected chi connectivity index (χ1v) is 6.37. The number of hydrogen-bond donors (Lipinski definition) is 2. The molecule has 1 heterocycles. The Morgan fingerprint density at radius 1 is 1.47 bits per heavy atom. The number of amides is 1. The van der Waals surface area contributed by atoms with Crippen molar-refractivity contribution < 1.29 is 9.53 Å². The minimum atomic E-state index is 0. The number of carbonyl (C=O) groups excluding carboxylic acids is 1. The molecule has 2 N–H and O–H groups in total. The molecule has 1 aliphatic rings. The summed E-state index contributed by atoms with van der Waals surface area (Å²) in [6, 6.07) is 6.29. The zero-order valence-electron chi connectivity index (χ0n) is 11.4. The number of benzene rings is 1. The predicted octanol–water partition coefficient (Wildman–Crippen LogP) is 1.31. The highest BCUT2D eigenvalue weighted by Gasteiger charge is 2.13. The van der Waals surface area contributed by atoms with Crippen LogP contribution in [0.5, 0.6) is 5.75 Å². The fourth-order valence-corrected chi connectivity index (χ4v) is 1.97. The molecule has 106 valence electrons. The quantitative estimate of drug-likeness (QED) is 0.857. The number of carbonyl (C=O) groups is 1. The molecule has 0 fully saturated rings. The molecule has 0 saturated carbocycles. The summed E-state index contributed by atoms with van der Waals surface area (Å²) in [6.07, 6.45) is 1.38. The molecule has 4 nitrogen and oxygen atoms in total. The van der Waals surface area contributed by atoms with E-state index in [1.807, 2.05) is 26.1 Å². The zero-order chi connectivity index (χ0) is 13.0. The van der Waals surface area contributed by atoms with Crippen LogP contribution >= 0.6 is 12.4 Å². The van der Waals surface area contributed by atoms with Crippen molar-refractivity contribution in [3.8, 4) is 5.75 Å². The molecule has 1 aliphatic heterocycles. The van der Waals surface area contributed by atoms with E-state index < -0.39 is 0 Å². The Morgan fingerprint density at radius 3 is 3.00 bits per heavy atom. The molecule has 1 unspecified atom stereocenters. The Bertz CT molecular complexity index is 437. The lowest BCUT2D eigenvalue weighted by Crippen LogP contribution is -2.37. The zero-order valence-corrected chi connectivity index (χ0v) is 12.2. The number of ether oxygens (including phenoxy) is 1. The fourth-order valence-electron chi connectivity index (χ4n) is 1.97. The van der Waals surface area contributed by atoms with Crippen molar-refractivity contribution in [3.63, 3.8) is 0 Å². The molecule has 5 heteroatoms. The van der Waals surface area contributed by atoms with Crippen LogP contribution in [0.25, 0.3) is 0 Å². The highest BCUT2D eigenvalue weighted by molar-refractivity contribution is 5.85. The van der Waals surface area contributed by atoms with Gasteiger partial charge in [0.1, 0.15) is 5.75 Å². The highest BCUT2D eigenvalue weighted by Crippen LogP contribution is 2.25. The molecular formula is C14H21ClN2O2. The second-order valence-electron chi connectivity index (χ2n) is 4.71. The number of likely N-dealkylation sites (N-methyl/N-ethyl adjacent to an activating group) is 1. The second-order valence-corrected chi connectivity index (χ2v) is 4.71. The normalized spacial score (nSPS) is 14.0. The second kappa shape index (κ2) is 7.36. The molecule has 0 spiro atoms. The Kier molecular flexibility index (Phi) is 6.12. The molecule has 1 amide bonds. The molecule has 1 atom stereocenters. The average molecular weight is 285 g/mol. The van der Waals surface area contributed by atoms with Gasteiger partial charge in [0, 0.05) is 19.0 Å². The van der Waals surface area contributed by atoms with Crippen molar-refractivity contribution >= 4 is 18.3 Å². The van der Waals surface area contributed by atoms with Crippen molar-refractivity contribution in [1.29, 1.82) is 0 Å². The Labute approximate surface area is 120 Å². The van der Waals surface area contributed by atoms with Crippen molar-refractivity contribution in [1.82, 2.24) is 10.6 Å². The minimum absolute atomic E-state index is 0. The smallest absolute Gasteiger partial charge is 0.224 e. The summed E-state index contributed by atoms with van der Waals surface area (Å²) in [5, 5.41) is 6.00. The summed E-state index contributed by atoms with van der Waals surface area (Å²) < 4.78 is 5.44. The van der Waals surface area contributed by atoms with E-state index in [9.17, 15) is 4.79 Å². The van der Waals surface area contributed by atoms with Gasteiger partial charge in [-0.1, -0.05) is 12.1 Å². The van der Waals surface area contributed by atoms with Crippen LogP contribution in [0.3, 0.4) is 0 Å². The van der Waals surface area contributed by atoms with Crippen molar-refractivity contribution in [2.75, 3.05) is 20.2 Å². The van der Waals surface area contributed by atoms with Crippen LogP contribution in [0.15, 0.2) is 18.2 Å². The van der Waals surface area contributed by atoms with E-state index in [-0.39, 0.29) is 18.3 Å². The van der Waals surface area contributed by atoms with Gasteiger partial charge in [-0.05, 0) is 31.2 Å². The van der Waals surface area contributed by atoms with Gasteiger partial charge in [-0.3, -0.25) is 4.79 Å². The number of hydrogen-bond acceptors (Lipinski definition) is 3. The van der Waals surface area contributed by atoms with Crippen LogP contribution in [0.4, 0.5) is 0 Å². The van der Waals surface area contributed by atoms with Crippen LogP contribution in [-0.4, -0.2) is 32.1 Å².